The van der Waals surface area contributed by atoms with Crippen LogP contribution in [0.3, 0.4) is 0 Å². The number of amides is 1. The summed E-state index contributed by atoms with van der Waals surface area (Å²) < 4.78 is 32.2. The molecule has 1 amide bonds. The van der Waals surface area contributed by atoms with Crippen molar-refractivity contribution in [1.29, 1.82) is 0 Å². The van der Waals surface area contributed by atoms with E-state index in [0.717, 1.165) is 32.4 Å². The minimum atomic E-state index is -3.57. The summed E-state index contributed by atoms with van der Waals surface area (Å²) in [5.74, 6) is 0.0949. The van der Waals surface area contributed by atoms with Crippen LogP contribution in [-0.4, -0.2) is 62.8 Å². The number of furan rings is 1. The maximum Gasteiger partial charge on any atom is 0.289 e. The van der Waals surface area contributed by atoms with Gasteiger partial charge in [0.25, 0.3) is 5.91 Å². The van der Waals surface area contributed by atoms with Crippen LogP contribution in [-0.2, 0) is 10.0 Å². The maximum atomic E-state index is 12.6. The number of aryl methyl sites for hydroxylation is 1. The van der Waals surface area contributed by atoms with Gasteiger partial charge in [-0.25, -0.2) is 8.42 Å². The van der Waals surface area contributed by atoms with Crippen LogP contribution in [0.5, 0.6) is 0 Å². The lowest BCUT2D eigenvalue weighted by Gasteiger charge is -2.22. The third kappa shape index (κ3) is 3.46. The molecule has 1 aromatic rings. The standard InChI is InChI=1S/C15H23N3O4S.ClH/c1-11-14(23(20,21)18-7-3-4-8-18)9-13(22-11)15(19)17(2)12-5-6-16-10-12;/h9,12,16H,3-8,10H2,1-2H3;1H. The van der Waals surface area contributed by atoms with Gasteiger partial charge in [0.1, 0.15) is 10.7 Å². The van der Waals surface area contributed by atoms with Crippen LogP contribution in [0.2, 0.25) is 0 Å². The van der Waals surface area contributed by atoms with Crippen molar-refractivity contribution in [3.63, 3.8) is 0 Å². The first-order chi connectivity index (χ1) is 10.9. The smallest absolute Gasteiger partial charge is 0.289 e. The molecule has 1 unspecified atom stereocenters. The van der Waals surface area contributed by atoms with Gasteiger partial charge in [0, 0.05) is 38.8 Å². The van der Waals surface area contributed by atoms with E-state index in [1.54, 1.807) is 18.9 Å². The summed E-state index contributed by atoms with van der Waals surface area (Å²) in [4.78, 5) is 14.3. The molecule has 2 aliphatic rings. The zero-order valence-corrected chi connectivity index (χ0v) is 15.6. The summed E-state index contributed by atoms with van der Waals surface area (Å²) in [6.07, 6.45) is 2.64. The Morgan fingerprint density at radius 1 is 1.38 bits per heavy atom. The third-order valence-electron chi connectivity index (χ3n) is 4.67. The van der Waals surface area contributed by atoms with E-state index in [0.29, 0.717) is 13.1 Å². The fourth-order valence-corrected chi connectivity index (χ4v) is 4.88. The molecule has 0 saturated carbocycles. The maximum absolute atomic E-state index is 12.6. The zero-order chi connectivity index (χ0) is 16.6. The van der Waals surface area contributed by atoms with Crippen molar-refractivity contribution < 1.29 is 17.6 Å². The average molecular weight is 378 g/mol. The van der Waals surface area contributed by atoms with E-state index in [2.05, 4.69) is 5.32 Å². The van der Waals surface area contributed by atoms with Crippen LogP contribution in [0.4, 0.5) is 0 Å². The molecule has 1 N–H and O–H groups in total. The quantitative estimate of drug-likeness (QED) is 0.853. The Bertz CT molecular complexity index is 692. The highest BCUT2D eigenvalue weighted by Crippen LogP contribution is 2.27. The predicted octanol–water partition coefficient (Wildman–Crippen LogP) is 1.23. The monoisotopic (exact) mass is 377 g/mol. The van der Waals surface area contributed by atoms with Crippen molar-refractivity contribution in [3.05, 3.63) is 17.6 Å². The number of sulfonamides is 1. The number of rotatable bonds is 4. The Morgan fingerprint density at radius 2 is 2.04 bits per heavy atom. The van der Waals surface area contributed by atoms with Gasteiger partial charge in [-0.15, -0.1) is 12.4 Å². The van der Waals surface area contributed by atoms with Gasteiger partial charge in [-0.05, 0) is 32.7 Å². The number of nitrogens with one attached hydrogen (secondary N) is 1. The van der Waals surface area contributed by atoms with E-state index in [4.69, 9.17) is 4.42 Å². The zero-order valence-electron chi connectivity index (χ0n) is 13.9. The Balaban J connectivity index is 0.00000208. The number of carbonyl (C=O) groups excluding carboxylic acids is 1. The van der Waals surface area contributed by atoms with Crippen LogP contribution in [0.25, 0.3) is 0 Å². The van der Waals surface area contributed by atoms with Crippen LogP contribution >= 0.6 is 12.4 Å². The molecule has 2 fully saturated rings. The number of carbonyl (C=O) groups is 1. The van der Waals surface area contributed by atoms with Crippen molar-refractivity contribution in [2.24, 2.45) is 0 Å². The molecular weight excluding hydrogens is 354 g/mol. The molecule has 0 radical (unpaired) electrons. The van der Waals surface area contributed by atoms with E-state index in [1.807, 2.05) is 0 Å². The fraction of sp³-hybridized carbons (Fsp3) is 0.667. The van der Waals surface area contributed by atoms with Crippen molar-refractivity contribution in [2.45, 2.75) is 37.1 Å². The summed E-state index contributed by atoms with van der Waals surface area (Å²) in [5.41, 5.74) is 0. The largest absolute Gasteiger partial charge is 0.455 e. The van der Waals surface area contributed by atoms with E-state index in [-0.39, 0.29) is 40.8 Å². The van der Waals surface area contributed by atoms with Crippen LogP contribution in [0.15, 0.2) is 15.4 Å². The summed E-state index contributed by atoms with van der Waals surface area (Å²) >= 11 is 0. The van der Waals surface area contributed by atoms with E-state index in [9.17, 15) is 13.2 Å². The predicted molar refractivity (Wildman–Crippen MR) is 92.1 cm³/mol. The van der Waals surface area contributed by atoms with Gasteiger partial charge in [-0.3, -0.25) is 4.79 Å². The normalized spacial score (nSPS) is 21.7. The van der Waals surface area contributed by atoms with Crippen LogP contribution in [0.1, 0.15) is 35.6 Å². The highest BCUT2D eigenvalue weighted by molar-refractivity contribution is 7.89. The Labute approximate surface area is 148 Å². The summed E-state index contributed by atoms with van der Waals surface area (Å²) in [7, 11) is -1.84. The van der Waals surface area contributed by atoms with Gasteiger partial charge in [-0.2, -0.15) is 4.31 Å². The third-order valence-corrected chi connectivity index (χ3v) is 6.67. The van der Waals surface area contributed by atoms with Gasteiger partial charge in [-0.1, -0.05) is 0 Å². The molecule has 2 saturated heterocycles. The van der Waals surface area contributed by atoms with Gasteiger partial charge in [0.05, 0.1) is 0 Å². The molecule has 0 spiro atoms. The van der Waals surface area contributed by atoms with Crippen molar-refractivity contribution in [3.8, 4) is 0 Å². The molecule has 0 aliphatic carbocycles. The molecule has 3 heterocycles. The number of hydrogen-bond donors (Lipinski definition) is 1. The molecule has 7 nitrogen and oxygen atoms in total. The minimum Gasteiger partial charge on any atom is -0.455 e. The Hall–Kier alpha value is -1.09. The summed E-state index contributed by atoms with van der Waals surface area (Å²) in [5, 5.41) is 3.21. The lowest BCUT2D eigenvalue weighted by atomic mass is 10.2. The molecule has 2 aliphatic heterocycles. The number of hydrogen-bond acceptors (Lipinski definition) is 5. The second-order valence-corrected chi connectivity index (χ2v) is 8.11. The van der Waals surface area contributed by atoms with E-state index >= 15 is 0 Å². The number of likely N-dealkylation sites (N-methyl/N-ethyl adjacent to an activating group) is 1. The Morgan fingerprint density at radius 3 is 2.62 bits per heavy atom. The first-order valence-electron chi connectivity index (χ1n) is 7.99. The average Bonchev–Trinajstić information content (AvgIpc) is 3.25. The molecule has 0 bridgehead atoms. The molecule has 3 rings (SSSR count). The topological polar surface area (TPSA) is 82.9 Å². The SMILES string of the molecule is Cc1oc(C(=O)N(C)C2CCNC2)cc1S(=O)(=O)N1CCCC1.Cl. The van der Waals surface area contributed by atoms with Crippen molar-refractivity contribution in [1.82, 2.24) is 14.5 Å². The molecular formula is C15H24ClN3O4S. The first kappa shape index (κ1) is 19.2. The van der Waals surface area contributed by atoms with Crippen LogP contribution < -0.4 is 5.32 Å². The molecule has 24 heavy (non-hydrogen) atoms. The summed E-state index contributed by atoms with van der Waals surface area (Å²) in [6, 6.07) is 1.50. The van der Waals surface area contributed by atoms with Gasteiger partial charge in [0.15, 0.2) is 5.76 Å². The first-order valence-corrected chi connectivity index (χ1v) is 9.43. The lowest BCUT2D eigenvalue weighted by Crippen LogP contribution is -2.38. The van der Waals surface area contributed by atoms with Gasteiger partial charge >= 0.3 is 0 Å². The van der Waals surface area contributed by atoms with Crippen LogP contribution in [0, 0.1) is 6.92 Å². The fourth-order valence-electron chi connectivity index (χ4n) is 3.20. The van der Waals surface area contributed by atoms with E-state index < -0.39 is 10.0 Å². The lowest BCUT2D eigenvalue weighted by molar-refractivity contribution is 0.0710. The minimum absolute atomic E-state index is 0. The second kappa shape index (κ2) is 7.43. The summed E-state index contributed by atoms with van der Waals surface area (Å²) in [6.45, 7) is 4.29. The number of nitrogens with zero attached hydrogens (tertiary/aromatic N) is 2. The molecule has 1 atom stereocenters. The Kier molecular flexibility index (Phi) is 5.95. The van der Waals surface area contributed by atoms with Crippen molar-refractivity contribution in [2.75, 3.05) is 33.2 Å². The van der Waals surface area contributed by atoms with Gasteiger partial charge < -0.3 is 14.6 Å². The highest BCUT2D eigenvalue weighted by Gasteiger charge is 2.33. The molecule has 9 heteroatoms. The molecule has 136 valence electrons. The van der Waals surface area contributed by atoms with Gasteiger partial charge in [0.2, 0.25) is 10.0 Å². The molecule has 1 aromatic heterocycles. The number of halogens is 1. The molecule has 0 aromatic carbocycles. The second-order valence-electron chi connectivity index (χ2n) is 6.20. The highest BCUT2D eigenvalue weighted by atomic mass is 35.5. The van der Waals surface area contributed by atoms with E-state index in [1.165, 1.54) is 10.4 Å². The van der Waals surface area contributed by atoms with Crippen molar-refractivity contribution >= 4 is 28.3 Å².